The van der Waals surface area contributed by atoms with Crippen LogP contribution in [-0.4, -0.2) is 29.3 Å². The van der Waals surface area contributed by atoms with Crippen LogP contribution in [-0.2, 0) is 9.53 Å². The van der Waals surface area contributed by atoms with Crippen molar-refractivity contribution in [1.29, 1.82) is 0 Å². The van der Waals surface area contributed by atoms with Gasteiger partial charge in [-0.3, -0.25) is 19.7 Å². The van der Waals surface area contributed by atoms with E-state index in [1.807, 2.05) is 0 Å². The van der Waals surface area contributed by atoms with Gasteiger partial charge in [-0.1, -0.05) is 54.6 Å². The van der Waals surface area contributed by atoms with E-state index in [0.29, 0.717) is 11.1 Å². The lowest BCUT2D eigenvalue weighted by molar-refractivity contribution is -0.551. The normalized spacial score (nSPS) is 25.1. The molecule has 1 aliphatic carbocycles. The van der Waals surface area contributed by atoms with Gasteiger partial charge in [0.25, 0.3) is 5.54 Å². The maximum absolute atomic E-state index is 13.0. The van der Waals surface area contributed by atoms with Gasteiger partial charge in [-0.15, -0.1) is 0 Å². The highest BCUT2D eigenvalue weighted by molar-refractivity contribution is 6.07. The minimum Gasteiger partial charge on any atom is -0.469 e. The Balaban J connectivity index is 2.35. The van der Waals surface area contributed by atoms with Gasteiger partial charge in [0, 0.05) is 17.4 Å². The lowest BCUT2D eigenvalue weighted by Gasteiger charge is -2.38. The third kappa shape index (κ3) is 2.41. The first-order valence-corrected chi connectivity index (χ1v) is 7.84. The number of carbonyl (C=O) groups is 2. The monoisotopic (exact) mass is 339 g/mol. The molecule has 25 heavy (non-hydrogen) atoms. The number of hydrogen-bond acceptors (Lipinski definition) is 5. The number of nitro groups is 1. The smallest absolute Gasteiger partial charge is 0.314 e. The van der Waals surface area contributed by atoms with Crippen molar-refractivity contribution in [3.8, 4) is 0 Å². The lowest BCUT2D eigenvalue weighted by Crippen LogP contribution is -2.55. The molecule has 2 aromatic carbocycles. The van der Waals surface area contributed by atoms with Crippen molar-refractivity contribution in [2.75, 3.05) is 7.11 Å². The molecule has 0 bridgehead atoms. The van der Waals surface area contributed by atoms with Crippen LogP contribution >= 0.6 is 0 Å². The maximum Gasteiger partial charge on any atom is 0.314 e. The van der Waals surface area contributed by atoms with Gasteiger partial charge in [-0.2, -0.15) is 0 Å². The van der Waals surface area contributed by atoms with E-state index >= 15 is 0 Å². The molecule has 1 aliphatic rings. The summed E-state index contributed by atoms with van der Waals surface area (Å²) in [5, 5.41) is 12.0. The molecule has 0 aliphatic heterocycles. The maximum atomic E-state index is 13.0. The fourth-order valence-electron chi connectivity index (χ4n) is 3.66. The van der Waals surface area contributed by atoms with E-state index in [4.69, 9.17) is 4.74 Å². The summed E-state index contributed by atoms with van der Waals surface area (Å²) in [5.41, 5.74) is -0.745. The van der Waals surface area contributed by atoms with Gasteiger partial charge in [0.15, 0.2) is 0 Å². The van der Waals surface area contributed by atoms with E-state index in [-0.39, 0.29) is 5.56 Å². The number of methoxy groups -OCH3 is 1. The molecule has 0 radical (unpaired) electrons. The molecule has 128 valence electrons. The van der Waals surface area contributed by atoms with Crippen LogP contribution in [0.5, 0.6) is 0 Å². The predicted octanol–water partition coefficient (Wildman–Crippen LogP) is 2.96. The second-order valence-corrected chi connectivity index (χ2v) is 6.21. The first-order valence-electron chi connectivity index (χ1n) is 7.84. The topological polar surface area (TPSA) is 86.5 Å². The van der Waals surface area contributed by atoms with Crippen LogP contribution in [0.15, 0.2) is 54.6 Å². The van der Waals surface area contributed by atoms with Crippen LogP contribution in [0, 0.1) is 10.1 Å². The second-order valence-electron chi connectivity index (χ2n) is 6.21. The zero-order chi connectivity index (χ0) is 18.2. The Morgan fingerprint density at radius 2 is 1.72 bits per heavy atom. The Hall–Kier alpha value is -3.02. The molecule has 0 saturated carbocycles. The SMILES string of the molecule is COC(=O)[C@H]1c2ccccc2C(=O)[C@@](C)([N+](=O)[O-])[C@@H]1c1ccccc1. The number of ether oxygens (including phenoxy) is 1. The minimum atomic E-state index is -1.96. The Labute approximate surface area is 144 Å². The molecule has 0 N–H and O–H groups in total. The predicted molar refractivity (Wildman–Crippen MR) is 90.1 cm³/mol. The van der Waals surface area contributed by atoms with Gasteiger partial charge in [0.2, 0.25) is 5.78 Å². The average molecular weight is 339 g/mol. The molecule has 2 aromatic rings. The average Bonchev–Trinajstić information content (AvgIpc) is 2.64. The lowest BCUT2D eigenvalue weighted by atomic mass is 9.62. The largest absolute Gasteiger partial charge is 0.469 e. The number of esters is 1. The third-order valence-electron chi connectivity index (χ3n) is 4.93. The quantitative estimate of drug-likeness (QED) is 0.487. The van der Waals surface area contributed by atoms with E-state index in [1.54, 1.807) is 48.5 Å². The summed E-state index contributed by atoms with van der Waals surface area (Å²) in [4.78, 5) is 37.0. The molecule has 0 amide bonds. The number of hydrogen-bond donors (Lipinski definition) is 0. The van der Waals surface area contributed by atoms with Gasteiger partial charge in [-0.25, -0.2) is 0 Å². The van der Waals surface area contributed by atoms with Crippen LogP contribution in [0.4, 0.5) is 0 Å². The van der Waals surface area contributed by atoms with Crippen molar-refractivity contribution in [1.82, 2.24) is 0 Å². The van der Waals surface area contributed by atoms with Crippen LogP contribution in [0.3, 0.4) is 0 Å². The second kappa shape index (κ2) is 6.12. The Morgan fingerprint density at radius 1 is 1.12 bits per heavy atom. The molecule has 0 saturated heterocycles. The van der Waals surface area contributed by atoms with Crippen LogP contribution in [0.1, 0.15) is 40.2 Å². The van der Waals surface area contributed by atoms with Gasteiger partial charge >= 0.3 is 5.97 Å². The zero-order valence-corrected chi connectivity index (χ0v) is 13.8. The summed E-state index contributed by atoms with van der Waals surface area (Å²) in [6.45, 7) is 1.29. The Kier molecular flexibility index (Phi) is 4.12. The van der Waals surface area contributed by atoms with Crippen molar-refractivity contribution in [2.24, 2.45) is 0 Å². The first-order chi connectivity index (χ1) is 11.9. The molecule has 0 unspecified atom stereocenters. The number of carbonyl (C=O) groups excluding carboxylic acids is 2. The number of nitrogens with zero attached hydrogens (tertiary/aromatic N) is 1. The first kappa shape index (κ1) is 16.8. The highest BCUT2D eigenvalue weighted by atomic mass is 16.6. The van der Waals surface area contributed by atoms with Crippen molar-refractivity contribution in [3.05, 3.63) is 81.4 Å². The van der Waals surface area contributed by atoms with Crippen molar-refractivity contribution < 1.29 is 19.2 Å². The molecule has 6 heteroatoms. The van der Waals surface area contributed by atoms with E-state index in [9.17, 15) is 19.7 Å². The number of ketones is 1. The molecule has 0 spiro atoms. The molecule has 0 heterocycles. The molecular formula is C19H17NO5. The fraction of sp³-hybridized carbons (Fsp3) is 0.263. The van der Waals surface area contributed by atoms with Crippen LogP contribution in [0.2, 0.25) is 0 Å². The van der Waals surface area contributed by atoms with Gasteiger partial charge in [0.05, 0.1) is 18.9 Å². The molecule has 0 fully saturated rings. The summed E-state index contributed by atoms with van der Waals surface area (Å²) < 4.78 is 4.93. The number of fused-ring (bicyclic) bond motifs is 1. The van der Waals surface area contributed by atoms with E-state index in [2.05, 4.69) is 0 Å². The Morgan fingerprint density at radius 3 is 2.32 bits per heavy atom. The summed E-state index contributed by atoms with van der Waals surface area (Å²) >= 11 is 0. The van der Waals surface area contributed by atoms with E-state index in [1.165, 1.54) is 20.1 Å². The molecule has 0 aromatic heterocycles. The van der Waals surface area contributed by atoms with Gasteiger partial charge in [0.1, 0.15) is 0 Å². The van der Waals surface area contributed by atoms with Crippen LogP contribution < -0.4 is 0 Å². The minimum absolute atomic E-state index is 0.198. The standard InChI is InChI=1S/C19H17NO5/c1-19(20(23)24)16(12-8-4-3-5-9-12)15(18(22)25-2)13-10-6-7-11-14(13)17(19)21/h3-11,15-16H,1-2H3/t15-,16+,19-/m0/s1. The summed E-state index contributed by atoms with van der Waals surface area (Å²) in [6, 6.07) is 15.2. The van der Waals surface area contributed by atoms with Crippen molar-refractivity contribution in [2.45, 2.75) is 24.3 Å². The molecular weight excluding hydrogens is 322 g/mol. The fourth-order valence-corrected chi connectivity index (χ4v) is 3.66. The Bertz CT molecular complexity index is 848. The van der Waals surface area contributed by atoms with E-state index in [0.717, 1.165) is 0 Å². The van der Waals surface area contributed by atoms with Gasteiger partial charge in [-0.05, 0) is 11.1 Å². The van der Waals surface area contributed by atoms with Crippen molar-refractivity contribution in [3.63, 3.8) is 0 Å². The van der Waals surface area contributed by atoms with Crippen LogP contribution in [0.25, 0.3) is 0 Å². The summed E-state index contributed by atoms with van der Waals surface area (Å²) in [6.07, 6.45) is 0. The summed E-state index contributed by atoms with van der Waals surface area (Å²) in [7, 11) is 1.24. The highest BCUT2D eigenvalue weighted by Gasteiger charge is 2.62. The number of Topliss-reactive ketones (excluding diaryl/α,β-unsaturated/α-hetero) is 1. The van der Waals surface area contributed by atoms with Crippen molar-refractivity contribution >= 4 is 11.8 Å². The van der Waals surface area contributed by atoms with E-state index < -0.39 is 34.1 Å². The molecule has 6 nitrogen and oxygen atoms in total. The summed E-state index contributed by atoms with van der Waals surface area (Å²) in [5.74, 6) is -3.08. The molecule has 3 atom stereocenters. The number of rotatable bonds is 3. The zero-order valence-electron chi connectivity index (χ0n) is 13.8. The third-order valence-corrected chi connectivity index (χ3v) is 4.93. The van der Waals surface area contributed by atoms with Gasteiger partial charge < -0.3 is 4.74 Å². The number of benzene rings is 2. The molecule has 3 rings (SSSR count). The highest BCUT2D eigenvalue weighted by Crippen LogP contribution is 2.49.